The molecule has 174 valence electrons. The fourth-order valence-electron chi connectivity index (χ4n) is 4.70. The van der Waals surface area contributed by atoms with Crippen LogP contribution in [0.3, 0.4) is 0 Å². The van der Waals surface area contributed by atoms with Gasteiger partial charge < -0.3 is 14.6 Å². The second-order valence-corrected chi connectivity index (χ2v) is 9.34. The number of amides is 1. The number of carbonyl (C=O) groups is 1. The molecule has 1 amide bonds. The molecule has 5 heterocycles. The van der Waals surface area contributed by atoms with E-state index in [-0.39, 0.29) is 5.91 Å². The Kier molecular flexibility index (Phi) is 5.54. The summed E-state index contributed by atoms with van der Waals surface area (Å²) in [6.07, 6.45) is 15.2. The maximum atomic E-state index is 12.1. The van der Waals surface area contributed by atoms with Crippen LogP contribution in [0.25, 0.3) is 16.9 Å². The largest absolute Gasteiger partial charge is 0.312 e. The number of fused-ring (bicyclic) bond motifs is 1. The highest BCUT2D eigenvalue weighted by atomic mass is 16.2. The van der Waals surface area contributed by atoms with E-state index in [2.05, 4.69) is 43.3 Å². The van der Waals surface area contributed by atoms with E-state index >= 15 is 0 Å². The molecular weight excluding hydrogens is 428 g/mol. The van der Waals surface area contributed by atoms with Crippen molar-refractivity contribution in [3.8, 4) is 11.3 Å². The molecule has 34 heavy (non-hydrogen) atoms. The predicted molar refractivity (Wildman–Crippen MR) is 128 cm³/mol. The fraction of sp³-hybridized carbons (Fsp3) is 0.400. The van der Waals surface area contributed by atoms with Gasteiger partial charge in [0.1, 0.15) is 11.3 Å². The van der Waals surface area contributed by atoms with E-state index in [1.165, 1.54) is 24.8 Å². The summed E-state index contributed by atoms with van der Waals surface area (Å²) in [6.45, 7) is 3.25. The Bertz CT molecular complexity index is 1320. The van der Waals surface area contributed by atoms with Crippen LogP contribution < -0.4 is 10.2 Å². The Morgan fingerprint density at radius 2 is 2.03 bits per heavy atom. The second-order valence-electron chi connectivity index (χ2n) is 9.34. The predicted octanol–water partition coefficient (Wildman–Crippen LogP) is 3.05. The zero-order chi connectivity index (χ0) is 22.9. The highest BCUT2D eigenvalue weighted by Gasteiger charge is 2.22. The van der Waals surface area contributed by atoms with Crippen LogP contribution in [0.4, 0.5) is 5.69 Å². The monoisotopic (exact) mass is 456 g/mol. The van der Waals surface area contributed by atoms with Crippen molar-refractivity contribution in [1.29, 1.82) is 0 Å². The molecule has 1 aliphatic heterocycles. The molecule has 1 saturated carbocycles. The standard InChI is InChI=1S/C25H28N8O/c34-25-5-2-8-33(25)22-9-20(12-27-13-22)23-17-32(30-29-23)16-21-15-31-14-19(6-7-24(31)28-21)11-26-10-18-3-1-4-18/h6-7,9,12-15,17-18,26H,1-5,8,10-11,16H2. The van der Waals surface area contributed by atoms with E-state index in [1.807, 2.05) is 18.5 Å². The maximum absolute atomic E-state index is 12.1. The maximum Gasteiger partial charge on any atom is 0.227 e. The highest BCUT2D eigenvalue weighted by molar-refractivity contribution is 5.95. The first-order valence-corrected chi connectivity index (χ1v) is 12.0. The van der Waals surface area contributed by atoms with Gasteiger partial charge in [0.2, 0.25) is 5.91 Å². The summed E-state index contributed by atoms with van der Waals surface area (Å²) < 4.78 is 3.86. The Morgan fingerprint density at radius 3 is 2.85 bits per heavy atom. The summed E-state index contributed by atoms with van der Waals surface area (Å²) in [4.78, 5) is 22.9. The van der Waals surface area contributed by atoms with Gasteiger partial charge in [0, 0.05) is 43.7 Å². The van der Waals surface area contributed by atoms with Gasteiger partial charge in [-0.05, 0) is 49.4 Å². The van der Waals surface area contributed by atoms with Crippen molar-refractivity contribution in [1.82, 2.24) is 34.7 Å². The number of aromatic nitrogens is 6. The van der Waals surface area contributed by atoms with E-state index in [9.17, 15) is 4.79 Å². The van der Waals surface area contributed by atoms with Gasteiger partial charge in [-0.3, -0.25) is 9.78 Å². The van der Waals surface area contributed by atoms with Crippen molar-refractivity contribution in [3.63, 3.8) is 0 Å². The molecule has 0 radical (unpaired) electrons. The molecule has 0 atom stereocenters. The van der Waals surface area contributed by atoms with Crippen molar-refractivity contribution in [2.45, 2.75) is 45.2 Å². The Labute approximate surface area is 197 Å². The van der Waals surface area contributed by atoms with E-state index in [4.69, 9.17) is 4.98 Å². The SMILES string of the molecule is O=C1CCCN1c1cncc(-c2cn(Cc3cn4cc(CNCC5CCC5)ccc4n3)nn2)c1. The van der Waals surface area contributed by atoms with Crippen LogP contribution in [0.1, 0.15) is 43.4 Å². The molecule has 0 unspecified atom stereocenters. The van der Waals surface area contributed by atoms with Crippen molar-refractivity contribution in [2.24, 2.45) is 5.92 Å². The summed E-state index contributed by atoms with van der Waals surface area (Å²) in [7, 11) is 0. The minimum Gasteiger partial charge on any atom is -0.312 e. The van der Waals surface area contributed by atoms with Crippen LogP contribution in [0.2, 0.25) is 0 Å². The number of carbonyl (C=O) groups excluding carboxylic acids is 1. The third-order valence-corrected chi connectivity index (χ3v) is 6.82. The summed E-state index contributed by atoms with van der Waals surface area (Å²) in [5.41, 5.74) is 5.48. The summed E-state index contributed by atoms with van der Waals surface area (Å²) in [6, 6.07) is 6.15. The number of anilines is 1. The Balaban J connectivity index is 1.13. The van der Waals surface area contributed by atoms with Gasteiger partial charge in [0.05, 0.1) is 30.3 Å². The molecule has 4 aromatic heterocycles. The normalized spacial score (nSPS) is 16.5. The average Bonchev–Trinajstić information content (AvgIpc) is 3.55. The van der Waals surface area contributed by atoms with E-state index < -0.39 is 0 Å². The average molecular weight is 457 g/mol. The van der Waals surface area contributed by atoms with Crippen molar-refractivity contribution in [3.05, 3.63) is 60.4 Å². The van der Waals surface area contributed by atoms with Gasteiger partial charge >= 0.3 is 0 Å². The van der Waals surface area contributed by atoms with Gasteiger partial charge in [-0.25, -0.2) is 9.67 Å². The topological polar surface area (TPSA) is 93.2 Å². The molecule has 1 aliphatic carbocycles. The summed E-state index contributed by atoms with van der Waals surface area (Å²) >= 11 is 0. The number of hydrogen-bond donors (Lipinski definition) is 1. The minimum absolute atomic E-state index is 0.145. The minimum atomic E-state index is 0.145. The highest BCUT2D eigenvalue weighted by Crippen LogP contribution is 2.26. The van der Waals surface area contributed by atoms with Crippen molar-refractivity contribution >= 4 is 17.2 Å². The van der Waals surface area contributed by atoms with Crippen LogP contribution >= 0.6 is 0 Å². The van der Waals surface area contributed by atoms with Crippen molar-refractivity contribution < 1.29 is 4.79 Å². The van der Waals surface area contributed by atoms with Crippen LogP contribution in [-0.2, 0) is 17.9 Å². The number of nitrogens with one attached hydrogen (secondary N) is 1. The lowest BCUT2D eigenvalue weighted by molar-refractivity contribution is -0.117. The number of rotatable bonds is 8. The molecule has 0 aromatic carbocycles. The molecule has 0 bridgehead atoms. The number of imidazole rings is 1. The van der Waals surface area contributed by atoms with Crippen LogP contribution in [0.5, 0.6) is 0 Å². The summed E-state index contributed by atoms with van der Waals surface area (Å²) in [5.74, 6) is 1.00. The lowest BCUT2D eigenvalue weighted by Gasteiger charge is -2.25. The van der Waals surface area contributed by atoms with Gasteiger partial charge in [0.15, 0.2) is 0 Å². The van der Waals surface area contributed by atoms with Crippen LogP contribution in [0.15, 0.2) is 49.2 Å². The first-order valence-electron chi connectivity index (χ1n) is 12.0. The summed E-state index contributed by atoms with van der Waals surface area (Å²) in [5, 5.41) is 12.2. The third kappa shape index (κ3) is 4.31. The van der Waals surface area contributed by atoms with E-state index in [1.54, 1.807) is 22.0 Å². The Morgan fingerprint density at radius 1 is 1.09 bits per heavy atom. The lowest BCUT2D eigenvalue weighted by atomic mass is 9.85. The molecule has 1 saturated heterocycles. The first kappa shape index (κ1) is 21.0. The van der Waals surface area contributed by atoms with Crippen molar-refractivity contribution in [2.75, 3.05) is 18.0 Å². The number of pyridine rings is 2. The molecule has 9 heteroatoms. The van der Waals surface area contributed by atoms with E-state index in [0.29, 0.717) is 13.0 Å². The smallest absolute Gasteiger partial charge is 0.227 e. The van der Waals surface area contributed by atoms with Gasteiger partial charge in [-0.15, -0.1) is 5.10 Å². The zero-order valence-electron chi connectivity index (χ0n) is 19.1. The van der Waals surface area contributed by atoms with Gasteiger partial charge in [-0.1, -0.05) is 17.7 Å². The molecule has 0 spiro atoms. The van der Waals surface area contributed by atoms with Crippen LogP contribution in [0, 0.1) is 5.92 Å². The third-order valence-electron chi connectivity index (χ3n) is 6.82. The Hall–Kier alpha value is -3.59. The molecular formula is C25H28N8O. The molecule has 9 nitrogen and oxygen atoms in total. The molecule has 4 aromatic rings. The molecule has 2 aliphatic rings. The second kappa shape index (κ2) is 8.98. The molecule has 6 rings (SSSR count). The number of hydrogen-bond acceptors (Lipinski definition) is 6. The number of nitrogens with zero attached hydrogens (tertiary/aromatic N) is 7. The lowest BCUT2D eigenvalue weighted by Crippen LogP contribution is -2.26. The van der Waals surface area contributed by atoms with Gasteiger partial charge in [0.25, 0.3) is 0 Å². The zero-order valence-corrected chi connectivity index (χ0v) is 19.1. The fourth-order valence-corrected chi connectivity index (χ4v) is 4.70. The van der Waals surface area contributed by atoms with E-state index in [0.717, 1.165) is 60.3 Å². The quantitative estimate of drug-likeness (QED) is 0.438. The van der Waals surface area contributed by atoms with Gasteiger partial charge in [-0.2, -0.15) is 0 Å². The first-order chi connectivity index (χ1) is 16.7. The molecule has 1 N–H and O–H groups in total. The molecule has 2 fully saturated rings. The van der Waals surface area contributed by atoms with Crippen LogP contribution in [-0.4, -0.2) is 48.4 Å².